The van der Waals surface area contributed by atoms with Crippen LogP contribution in [0.1, 0.15) is 27.7 Å². The van der Waals surface area contributed by atoms with Crippen molar-refractivity contribution in [2.45, 2.75) is 19.4 Å². The van der Waals surface area contributed by atoms with E-state index in [1.165, 1.54) is 18.4 Å². The molecule has 0 aliphatic carbocycles. The summed E-state index contributed by atoms with van der Waals surface area (Å²) in [6.45, 7) is 5.56. The Bertz CT molecular complexity index is 1080. The number of carbonyl (C=O) groups excluding carboxylic acids is 2. The van der Waals surface area contributed by atoms with Crippen LogP contribution in [-0.4, -0.2) is 30.0 Å². The molecule has 2 atom stereocenters. The highest BCUT2D eigenvalue weighted by Crippen LogP contribution is 2.24. The van der Waals surface area contributed by atoms with E-state index in [4.69, 9.17) is 10.5 Å². The van der Waals surface area contributed by atoms with Gasteiger partial charge in [0.25, 0.3) is 5.91 Å². The molecule has 6 nitrogen and oxygen atoms in total. The van der Waals surface area contributed by atoms with Crippen molar-refractivity contribution in [3.63, 3.8) is 0 Å². The van der Waals surface area contributed by atoms with Crippen molar-refractivity contribution >= 4 is 28.9 Å². The zero-order valence-corrected chi connectivity index (χ0v) is 18.3. The fraction of sp³-hybridized carbons (Fsp3) is 0.208. The fourth-order valence-electron chi connectivity index (χ4n) is 3.27. The minimum Gasteiger partial charge on any atom is -0.469 e. The second-order valence-corrected chi connectivity index (χ2v) is 8.15. The average molecular weight is 436 g/mol. The Morgan fingerprint density at radius 3 is 2.71 bits per heavy atom. The number of nitrogens with zero attached hydrogens (tertiary/aromatic N) is 1. The molecule has 0 spiro atoms. The minimum atomic E-state index is -0.550. The summed E-state index contributed by atoms with van der Waals surface area (Å²) in [5.74, 6) is -1.17. The summed E-state index contributed by atoms with van der Waals surface area (Å²) in [4.78, 5) is 30.1. The van der Waals surface area contributed by atoms with Gasteiger partial charge < -0.3 is 15.8 Å². The molecule has 0 saturated heterocycles. The van der Waals surface area contributed by atoms with E-state index in [-0.39, 0.29) is 11.9 Å². The SMILES string of the molecule is C=C(N)c1cccc(CC(C(=O)OC)C(C)NC(=O)c2cc(-c3ccccn3)cs2)c1. The maximum Gasteiger partial charge on any atom is 0.311 e. The van der Waals surface area contributed by atoms with E-state index < -0.39 is 12.0 Å². The zero-order valence-electron chi connectivity index (χ0n) is 17.5. The second-order valence-electron chi connectivity index (χ2n) is 7.24. The highest BCUT2D eigenvalue weighted by molar-refractivity contribution is 7.12. The van der Waals surface area contributed by atoms with E-state index in [1.807, 2.05) is 47.8 Å². The lowest BCUT2D eigenvalue weighted by Gasteiger charge is -2.23. The first-order chi connectivity index (χ1) is 14.9. The first-order valence-corrected chi connectivity index (χ1v) is 10.7. The third-order valence-corrected chi connectivity index (χ3v) is 5.93. The Morgan fingerprint density at radius 1 is 1.23 bits per heavy atom. The zero-order chi connectivity index (χ0) is 22.4. The molecule has 2 heterocycles. The molecule has 2 unspecified atom stereocenters. The van der Waals surface area contributed by atoms with E-state index in [1.54, 1.807) is 19.2 Å². The van der Waals surface area contributed by atoms with Gasteiger partial charge in [0, 0.05) is 28.9 Å². The van der Waals surface area contributed by atoms with Crippen molar-refractivity contribution in [2.24, 2.45) is 11.7 Å². The molecule has 1 aromatic carbocycles. The van der Waals surface area contributed by atoms with Crippen molar-refractivity contribution in [3.8, 4) is 11.3 Å². The number of rotatable bonds is 8. The maximum atomic E-state index is 12.8. The Balaban J connectivity index is 1.73. The molecule has 3 N–H and O–H groups in total. The number of benzene rings is 1. The van der Waals surface area contributed by atoms with E-state index in [2.05, 4.69) is 16.9 Å². The Morgan fingerprint density at radius 2 is 2.03 bits per heavy atom. The Hall–Kier alpha value is -3.45. The number of nitrogens with two attached hydrogens (primary N) is 1. The summed E-state index contributed by atoms with van der Waals surface area (Å²) < 4.78 is 4.99. The quantitative estimate of drug-likeness (QED) is 0.524. The number of carbonyl (C=O) groups is 2. The smallest absolute Gasteiger partial charge is 0.311 e. The van der Waals surface area contributed by atoms with E-state index >= 15 is 0 Å². The van der Waals surface area contributed by atoms with Crippen LogP contribution in [0.5, 0.6) is 0 Å². The maximum absolute atomic E-state index is 12.8. The van der Waals surface area contributed by atoms with Crippen LogP contribution in [0.25, 0.3) is 17.0 Å². The summed E-state index contributed by atoms with van der Waals surface area (Å²) in [5, 5.41) is 4.84. The standard InChI is InChI=1S/C24H25N3O3S/c1-15(25)18-8-6-7-17(11-18)12-20(24(29)30-3)16(2)27-23(28)22-13-19(14-31-22)21-9-4-5-10-26-21/h4-11,13-14,16,20H,1,12,25H2,2-3H3,(H,27,28). The van der Waals surface area contributed by atoms with E-state index in [9.17, 15) is 9.59 Å². The molecular formula is C24H25N3O3S. The van der Waals surface area contributed by atoms with Gasteiger partial charge in [0.1, 0.15) is 0 Å². The van der Waals surface area contributed by atoms with Crippen molar-refractivity contribution in [1.82, 2.24) is 10.3 Å². The van der Waals surface area contributed by atoms with Gasteiger partial charge in [-0.1, -0.05) is 30.8 Å². The highest BCUT2D eigenvalue weighted by Gasteiger charge is 2.28. The molecule has 160 valence electrons. The first-order valence-electron chi connectivity index (χ1n) is 9.81. The molecule has 3 rings (SSSR count). The molecular weight excluding hydrogens is 410 g/mol. The molecule has 0 saturated carbocycles. The lowest BCUT2D eigenvalue weighted by molar-refractivity contribution is -0.146. The topological polar surface area (TPSA) is 94.3 Å². The molecule has 31 heavy (non-hydrogen) atoms. The highest BCUT2D eigenvalue weighted by atomic mass is 32.1. The number of amides is 1. The number of pyridine rings is 1. The molecule has 0 bridgehead atoms. The largest absolute Gasteiger partial charge is 0.469 e. The van der Waals surface area contributed by atoms with Gasteiger partial charge in [-0.2, -0.15) is 0 Å². The third kappa shape index (κ3) is 5.58. The van der Waals surface area contributed by atoms with Crippen molar-refractivity contribution in [1.29, 1.82) is 0 Å². The van der Waals surface area contributed by atoms with E-state index in [0.717, 1.165) is 22.4 Å². The van der Waals surface area contributed by atoms with Crippen molar-refractivity contribution < 1.29 is 14.3 Å². The molecule has 7 heteroatoms. The van der Waals surface area contributed by atoms with Gasteiger partial charge >= 0.3 is 5.97 Å². The van der Waals surface area contributed by atoms with Gasteiger partial charge in [-0.05, 0) is 48.7 Å². The minimum absolute atomic E-state index is 0.238. The number of aromatic nitrogens is 1. The molecule has 0 radical (unpaired) electrons. The summed E-state index contributed by atoms with van der Waals surface area (Å²) in [7, 11) is 1.35. The van der Waals surface area contributed by atoms with Crippen LogP contribution in [0.3, 0.4) is 0 Å². The van der Waals surface area contributed by atoms with Gasteiger partial charge in [-0.3, -0.25) is 14.6 Å². The first kappa shape index (κ1) is 22.2. The van der Waals surface area contributed by atoms with Crippen LogP contribution < -0.4 is 11.1 Å². The predicted molar refractivity (Wildman–Crippen MR) is 123 cm³/mol. The van der Waals surface area contributed by atoms with Crippen LogP contribution in [0.15, 0.2) is 66.7 Å². The average Bonchev–Trinajstić information content (AvgIpc) is 3.28. The molecule has 1 amide bonds. The Kier molecular flexibility index (Phi) is 7.20. The number of thiophene rings is 1. The van der Waals surface area contributed by atoms with Gasteiger partial charge in [-0.15, -0.1) is 11.3 Å². The van der Waals surface area contributed by atoms with Gasteiger partial charge in [-0.25, -0.2) is 0 Å². The summed E-state index contributed by atoms with van der Waals surface area (Å²) in [6, 6.07) is 14.5. The number of methoxy groups -OCH3 is 1. The van der Waals surface area contributed by atoms with Crippen LogP contribution in [0.2, 0.25) is 0 Å². The summed E-state index contributed by atoms with van der Waals surface area (Å²) >= 11 is 1.34. The molecule has 0 aliphatic heterocycles. The molecule has 0 fully saturated rings. The summed E-state index contributed by atoms with van der Waals surface area (Å²) in [6.07, 6.45) is 2.11. The second kappa shape index (κ2) is 10.0. The Labute approximate surface area is 185 Å². The lowest BCUT2D eigenvalue weighted by Crippen LogP contribution is -2.42. The van der Waals surface area contributed by atoms with Crippen LogP contribution >= 0.6 is 11.3 Å². The van der Waals surface area contributed by atoms with Crippen LogP contribution in [-0.2, 0) is 16.0 Å². The molecule has 2 aromatic heterocycles. The van der Waals surface area contributed by atoms with Crippen LogP contribution in [0.4, 0.5) is 0 Å². The van der Waals surface area contributed by atoms with Crippen molar-refractivity contribution in [3.05, 3.63) is 82.7 Å². The monoisotopic (exact) mass is 435 g/mol. The number of esters is 1. The lowest BCUT2D eigenvalue weighted by atomic mass is 9.92. The molecule has 0 aliphatic rings. The number of hydrogen-bond acceptors (Lipinski definition) is 6. The van der Waals surface area contributed by atoms with Gasteiger partial charge in [0.15, 0.2) is 0 Å². The molecule has 3 aromatic rings. The predicted octanol–water partition coefficient (Wildman–Crippen LogP) is 3.89. The number of nitrogens with one attached hydrogen (secondary N) is 1. The van der Waals surface area contributed by atoms with Gasteiger partial charge in [0.05, 0.1) is 23.6 Å². The van der Waals surface area contributed by atoms with Crippen molar-refractivity contribution in [2.75, 3.05) is 7.11 Å². The summed E-state index contributed by atoms with van der Waals surface area (Å²) in [5.41, 5.74) is 9.65. The fourth-order valence-corrected chi connectivity index (χ4v) is 4.07. The third-order valence-electron chi connectivity index (χ3n) is 5.00. The number of hydrogen-bond donors (Lipinski definition) is 2. The number of ether oxygens (including phenoxy) is 1. The van der Waals surface area contributed by atoms with E-state index in [0.29, 0.717) is 17.0 Å². The van der Waals surface area contributed by atoms with Crippen LogP contribution in [0, 0.1) is 5.92 Å². The normalized spacial score (nSPS) is 12.6. The van der Waals surface area contributed by atoms with Gasteiger partial charge in [0.2, 0.25) is 0 Å².